The molecule has 0 heterocycles. The fourth-order valence-corrected chi connectivity index (χ4v) is 2.12. The average molecular weight is 243 g/mol. The molecule has 1 fully saturated rings. The highest BCUT2D eigenvalue weighted by Crippen LogP contribution is 2.25. The van der Waals surface area contributed by atoms with Crippen LogP contribution in [0.4, 0.5) is 0 Å². The van der Waals surface area contributed by atoms with Crippen LogP contribution < -0.4 is 0 Å². The van der Waals surface area contributed by atoms with E-state index in [4.69, 9.17) is 9.84 Å². The minimum absolute atomic E-state index is 0.0127. The minimum Gasteiger partial charge on any atom is -0.480 e. The lowest BCUT2D eigenvalue weighted by Crippen LogP contribution is -2.36. The van der Waals surface area contributed by atoms with Gasteiger partial charge in [-0.05, 0) is 18.8 Å². The third-order valence-electron chi connectivity index (χ3n) is 3.13. The molecule has 0 aromatic rings. The molecule has 0 spiro atoms. The molecule has 0 aliphatic heterocycles. The fraction of sp³-hybridized carbons (Fsp3) is 0.833. The third kappa shape index (κ3) is 5.17. The molecule has 1 saturated carbocycles. The van der Waals surface area contributed by atoms with Crippen LogP contribution in [0.5, 0.6) is 0 Å². The molecule has 1 aliphatic rings. The van der Waals surface area contributed by atoms with Crippen molar-refractivity contribution in [3.8, 4) is 0 Å². The summed E-state index contributed by atoms with van der Waals surface area (Å²) in [7, 11) is 1.48. The lowest BCUT2D eigenvalue weighted by molar-refractivity contribution is -0.146. The zero-order valence-corrected chi connectivity index (χ0v) is 10.5. The molecule has 1 amide bonds. The van der Waals surface area contributed by atoms with E-state index in [1.807, 2.05) is 0 Å². The number of carboxylic acid groups (broad SMARTS) is 1. The summed E-state index contributed by atoms with van der Waals surface area (Å²) in [5.41, 5.74) is 0. The van der Waals surface area contributed by atoms with Gasteiger partial charge in [0, 0.05) is 7.05 Å². The molecule has 2 atom stereocenters. The number of carbonyl (C=O) groups excluding carboxylic acids is 1. The summed E-state index contributed by atoms with van der Waals surface area (Å²) in [6.07, 6.45) is 4.52. The standard InChI is InChI=1S/C12H21NO4/c1-9-4-3-5-10(6-9)17-8-11(14)13(2)7-12(15)16/h9-10H,3-8H2,1-2H3,(H,15,16)/t9-,10+/m0/s1. The number of hydrogen-bond donors (Lipinski definition) is 1. The van der Waals surface area contributed by atoms with Crippen molar-refractivity contribution in [3.05, 3.63) is 0 Å². The molecule has 1 N–H and O–H groups in total. The minimum atomic E-state index is -1.01. The highest BCUT2D eigenvalue weighted by molar-refractivity contribution is 5.81. The molecule has 0 saturated heterocycles. The second kappa shape index (κ2) is 6.59. The number of aliphatic carboxylic acids is 1. The van der Waals surface area contributed by atoms with Crippen LogP contribution in [0, 0.1) is 5.92 Å². The molecule has 0 aromatic carbocycles. The first kappa shape index (κ1) is 14.0. The summed E-state index contributed by atoms with van der Waals surface area (Å²) in [6.45, 7) is 1.90. The largest absolute Gasteiger partial charge is 0.480 e. The first-order valence-electron chi connectivity index (χ1n) is 6.06. The van der Waals surface area contributed by atoms with Crippen LogP contribution in [0.3, 0.4) is 0 Å². The number of hydrogen-bond acceptors (Lipinski definition) is 3. The van der Waals surface area contributed by atoms with Gasteiger partial charge in [0.25, 0.3) is 0 Å². The van der Waals surface area contributed by atoms with Gasteiger partial charge in [0.05, 0.1) is 6.10 Å². The average Bonchev–Trinajstić information content (AvgIpc) is 2.25. The van der Waals surface area contributed by atoms with Crippen molar-refractivity contribution in [1.29, 1.82) is 0 Å². The fourth-order valence-electron chi connectivity index (χ4n) is 2.12. The molecule has 17 heavy (non-hydrogen) atoms. The molecule has 0 radical (unpaired) electrons. The molecule has 0 aromatic heterocycles. The number of rotatable bonds is 5. The Kier molecular flexibility index (Phi) is 5.41. The maximum atomic E-state index is 11.5. The zero-order valence-electron chi connectivity index (χ0n) is 10.5. The van der Waals surface area contributed by atoms with E-state index in [0.29, 0.717) is 5.92 Å². The normalized spacial score (nSPS) is 24.4. The van der Waals surface area contributed by atoms with E-state index in [-0.39, 0.29) is 25.2 Å². The Bertz CT molecular complexity index is 280. The monoisotopic (exact) mass is 243 g/mol. The molecule has 0 unspecified atom stereocenters. The van der Waals surface area contributed by atoms with Crippen molar-refractivity contribution in [3.63, 3.8) is 0 Å². The predicted molar refractivity (Wildman–Crippen MR) is 62.6 cm³/mol. The Hall–Kier alpha value is -1.10. The van der Waals surface area contributed by atoms with E-state index >= 15 is 0 Å². The number of ether oxygens (including phenoxy) is 1. The van der Waals surface area contributed by atoms with Crippen LogP contribution in [0.25, 0.3) is 0 Å². The van der Waals surface area contributed by atoms with Crippen molar-refractivity contribution in [2.24, 2.45) is 5.92 Å². The molecule has 5 heteroatoms. The molecule has 0 bridgehead atoms. The molecular formula is C12H21NO4. The summed E-state index contributed by atoms with van der Waals surface area (Å²) in [4.78, 5) is 23.1. The highest BCUT2D eigenvalue weighted by Gasteiger charge is 2.21. The quantitative estimate of drug-likeness (QED) is 0.786. The third-order valence-corrected chi connectivity index (χ3v) is 3.13. The van der Waals surface area contributed by atoms with E-state index in [2.05, 4.69) is 6.92 Å². The zero-order chi connectivity index (χ0) is 12.8. The summed E-state index contributed by atoms with van der Waals surface area (Å²) < 4.78 is 5.53. The SMILES string of the molecule is C[C@H]1CCC[C@@H](OCC(=O)N(C)CC(=O)O)C1. The Morgan fingerprint density at radius 2 is 2.12 bits per heavy atom. The van der Waals surface area contributed by atoms with Crippen LogP contribution in [0.15, 0.2) is 0 Å². The summed E-state index contributed by atoms with van der Waals surface area (Å²) in [5, 5.41) is 8.55. The summed E-state index contributed by atoms with van der Waals surface area (Å²) in [6, 6.07) is 0. The second-order valence-electron chi connectivity index (χ2n) is 4.85. The van der Waals surface area contributed by atoms with Gasteiger partial charge in [-0.25, -0.2) is 0 Å². The Morgan fingerprint density at radius 1 is 1.41 bits per heavy atom. The summed E-state index contributed by atoms with van der Waals surface area (Å²) >= 11 is 0. The highest BCUT2D eigenvalue weighted by atomic mass is 16.5. The van der Waals surface area contributed by atoms with Gasteiger partial charge in [0.15, 0.2) is 0 Å². The Labute approximate surface area is 102 Å². The van der Waals surface area contributed by atoms with Crippen LogP contribution in [-0.4, -0.2) is 48.2 Å². The molecule has 5 nitrogen and oxygen atoms in total. The summed E-state index contributed by atoms with van der Waals surface area (Å²) in [5.74, 6) is -0.627. The topological polar surface area (TPSA) is 66.8 Å². The van der Waals surface area contributed by atoms with Gasteiger partial charge in [-0.1, -0.05) is 19.8 Å². The number of carboxylic acids is 1. The molecule has 1 rings (SSSR count). The van der Waals surface area contributed by atoms with Crippen molar-refractivity contribution < 1.29 is 19.4 Å². The first-order chi connectivity index (χ1) is 7.99. The molecule has 98 valence electrons. The molecular weight excluding hydrogens is 222 g/mol. The van der Waals surface area contributed by atoms with Gasteiger partial charge in [0.1, 0.15) is 13.2 Å². The smallest absolute Gasteiger partial charge is 0.323 e. The van der Waals surface area contributed by atoms with Crippen LogP contribution in [0.2, 0.25) is 0 Å². The van der Waals surface area contributed by atoms with Crippen LogP contribution in [-0.2, 0) is 14.3 Å². The number of likely N-dealkylation sites (N-methyl/N-ethyl adjacent to an activating group) is 1. The van der Waals surface area contributed by atoms with E-state index in [1.165, 1.54) is 18.4 Å². The first-order valence-corrected chi connectivity index (χ1v) is 6.06. The van der Waals surface area contributed by atoms with Crippen molar-refractivity contribution >= 4 is 11.9 Å². The lowest BCUT2D eigenvalue weighted by atomic mass is 9.89. The Morgan fingerprint density at radius 3 is 2.71 bits per heavy atom. The Balaban J connectivity index is 2.25. The number of carbonyl (C=O) groups is 2. The van der Waals surface area contributed by atoms with Gasteiger partial charge < -0.3 is 14.7 Å². The van der Waals surface area contributed by atoms with Crippen molar-refractivity contribution in [2.75, 3.05) is 20.2 Å². The van der Waals surface area contributed by atoms with E-state index in [9.17, 15) is 9.59 Å². The van der Waals surface area contributed by atoms with Crippen LogP contribution >= 0.6 is 0 Å². The number of amides is 1. The van der Waals surface area contributed by atoms with E-state index in [1.54, 1.807) is 0 Å². The van der Waals surface area contributed by atoms with Gasteiger partial charge in [-0.2, -0.15) is 0 Å². The predicted octanol–water partition coefficient (Wildman–Crippen LogP) is 1.12. The van der Waals surface area contributed by atoms with Gasteiger partial charge in [-0.3, -0.25) is 9.59 Å². The van der Waals surface area contributed by atoms with Gasteiger partial charge in [0.2, 0.25) is 5.91 Å². The van der Waals surface area contributed by atoms with E-state index in [0.717, 1.165) is 19.3 Å². The van der Waals surface area contributed by atoms with E-state index < -0.39 is 5.97 Å². The maximum absolute atomic E-state index is 11.5. The lowest BCUT2D eigenvalue weighted by Gasteiger charge is -2.27. The number of nitrogens with zero attached hydrogens (tertiary/aromatic N) is 1. The molecule has 1 aliphatic carbocycles. The van der Waals surface area contributed by atoms with Crippen molar-refractivity contribution in [1.82, 2.24) is 4.90 Å². The van der Waals surface area contributed by atoms with Gasteiger partial charge in [-0.15, -0.1) is 0 Å². The van der Waals surface area contributed by atoms with Crippen molar-refractivity contribution in [2.45, 2.75) is 38.7 Å². The maximum Gasteiger partial charge on any atom is 0.323 e. The second-order valence-corrected chi connectivity index (χ2v) is 4.85. The van der Waals surface area contributed by atoms with Gasteiger partial charge >= 0.3 is 5.97 Å². The van der Waals surface area contributed by atoms with Crippen LogP contribution in [0.1, 0.15) is 32.6 Å².